The van der Waals surface area contributed by atoms with Crippen LogP contribution in [-0.4, -0.2) is 27.6 Å². The Balaban J connectivity index is 2.26. The number of thiocarbonyl (C=S) groups is 1. The summed E-state index contributed by atoms with van der Waals surface area (Å²) in [7, 11) is 0. The SMILES string of the molecule is C/C(=C1/SC(=S)N(CCC(=O)[O-])C1=O)c1ccc(F)cc1. The van der Waals surface area contributed by atoms with Gasteiger partial charge in [-0.1, -0.05) is 36.1 Å². The number of allylic oxidation sites excluding steroid dienone is 1. The fourth-order valence-corrected chi connectivity index (χ4v) is 3.21. The number of benzene rings is 1. The van der Waals surface area contributed by atoms with Gasteiger partial charge in [-0.15, -0.1) is 0 Å². The highest BCUT2D eigenvalue weighted by Gasteiger charge is 2.33. The molecule has 110 valence electrons. The molecule has 0 bridgehead atoms. The number of amides is 1. The van der Waals surface area contributed by atoms with E-state index in [1.54, 1.807) is 19.1 Å². The number of halogens is 1. The van der Waals surface area contributed by atoms with Gasteiger partial charge in [0.1, 0.15) is 10.1 Å². The maximum Gasteiger partial charge on any atom is 0.266 e. The molecule has 1 saturated heterocycles. The van der Waals surface area contributed by atoms with Gasteiger partial charge in [-0.25, -0.2) is 4.39 Å². The van der Waals surface area contributed by atoms with Crippen molar-refractivity contribution in [1.29, 1.82) is 0 Å². The first-order chi connectivity index (χ1) is 9.90. The van der Waals surface area contributed by atoms with Gasteiger partial charge in [0.05, 0.1) is 4.91 Å². The van der Waals surface area contributed by atoms with E-state index in [9.17, 15) is 19.1 Å². The summed E-state index contributed by atoms with van der Waals surface area (Å²) in [6, 6.07) is 5.79. The topological polar surface area (TPSA) is 60.4 Å². The molecule has 1 aliphatic rings. The van der Waals surface area contributed by atoms with Crippen molar-refractivity contribution in [2.24, 2.45) is 0 Å². The van der Waals surface area contributed by atoms with E-state index in [1.807, 2.05) is 0 Å². The van der Waals surface area contributed by atoms with Gasteiger partial charge >= 0.3 is 0 Å². The minimum atomic E-state index is -1.23. The summed E-state index contributed by atoms with van der Waals surface area (Å²) in [5.74, 6) is -1.91. The molecule has 0 saturated carbocycles. The fourth-order valence-electron chi connectivity index (χ4n) is 1.86. The number of nitrogens with zero attached hydrogens (tertiary/aromatic N) is 1. The predicted molar refractivity (Wildman–Crippen MR) is 80.5 cm³/mol. The summed E-state index contributed by atoms with van der Waals surface area (Å²) in [5.41, 5.74) is 1.40. The summed E-state index contributed by atoms with van der Waals surface area (Å²) in [6.07, 6.45) is -0.269. The van der Waals surface area contributed by atoms with Gasteiger partial charge in [-0.05, 0) is 30.2 Å². The summed E-state index contributed by atoms with van der Waals surface area (Å²) < 4.78 is 13.2. The molecular weight excluding hydrogens is 313 g/mol. The van der Waals surface area contributed by atoms with Crippen LogP contribution in [0.15, 0.2) is 29.2 Å². The first-order valence-corrected chi connectivity index (χ1v) is 7.33. The van der Waals surface area contributed by atoms with Crippen LogP contribution in [0.25, 0.3) is 5.57 Å². The lowest BCUT2D eigenvalue weighted by molar-refractivity contribution is -0.305. The molecule has 7 heteroatoms. The van der Waals surface area contributed by atoms with Crippen LogP contribution >= 0.6 is 24.0 Å². The zero-order valence-corrected chi connectivity index (χ0v) is 12.7. The molecule has 0 aromatic heterocycles. The van der Waals surface area contributed by atoms with Crippen molar-refractivity contribution in [1.82, 2.24) is 4.90 Å². The molecule has 0 N–H and O–H groups in total. The van der Waals surface area contributed by atoms with Crippen LogP contribution in [0.5, 0.6) is 0 Å². The molecule has 1 amide bonds. The molecule has 1 aliphatic heterocycles. The summed E-state index contributed by atoms with van der Waals surface area (Å²) >= 11 is 6.22. The Labute approximate surface area is 130 Å². The number of carboxylic acid groups (broad SMARTS) is 1. The van der Waals surface area contributed by atoms with Crippen molar-refractivity contribution in [3.05, 3.63) is 40.6 Å². The van der Waals surface area contributed by atoms with E-state index < -0.39 is 5.97 Å². The third-order valence-electron chi connectivity index (χ3n) is 3.01. The van der Waals surface area contributed by atoms with Crippen LogP contribution < -0.4 is 5.11 Å². The van der Waals surface area contributed by atoms with Crippen molar-refractivity contribution in [2.75, 3.05) is 6.54 Å². The number of hydrogen-bond donors (Lipinski definition) is 0. The average molecular weight is 324 g/mol. The molecule has 1 fully saturated rings. The zero-order chi connectivity index (χ0) is 15.6. The Hall–Kier alpha value is -1.73. The Kier molecular flexibility index (Phi) is 4.74. The second kappa shape index (κ2) is 6.36. The summed E-state index contributed by atoms with van der Waals surface area (Å²) in [4.78, 5) is 24.5. The monoisotopic (exact) mass is 324 g/mol. The second-order valence-corrected chi connectivity index (χ2v) is 6.05. The highest BCUT2D eigenvalue weighted by Crippen LogP contribution is 2.36. The number of hydrogen-bond acceptors (Lipinski definition) is 5. The van der Waals surface area contributed by atoms with Crippen LogP contribution in [-0.2, 0) is 9.59 Å². The van der Waals surface area contributed by atoms with Crippen molar-refractivity contribution in [3.63, 3.8) is 0 Å². The van der Waals surface area contributed by atoms with Crippen LogP contribution in [0, 0.1) is 5.82 Å². The molecule has 1 aromatic carbocycles. The van der Waals surface area contributed by atoms with Crippen molar-refractivity contribution >= 4 is 45.7 Å². The second-order valence-electron chi connectivity index (χ2n) is 4.41. The molecule has 2 rings (SSSR count). The van der Waals surface area contributed by atoms with Gasteiger partial charge in [0.15, 0.2) is 0 Å². The van der Waals surface area contributed by atoms with Crippen LogP contribution in [0.1, 0.15) is 18.9 Å². The van der Waals surface area contributed by atoms with Gasteiger partial charge in [0.2, 0.25) is 0 Å². The van der Waals surface area contributed by atoms with Crippen LogP contribution in [0.2, 0.25) is 0 Å². The van der Waals surface area contributed by atoms with Gasteiger partial charge in [-0.3, -0.25) is 9.69 Å². The number of rotatable bonds is 4. The van der Waals surface area contributed by atoms with E-state index >= 15 is 0 Å². The van der Waals surface area contributed by atoms with E-state index in [4.69, 9.17) is 12.2 Å². The number of thioether (sulfide) groups is 1. The normalized spacial score (nSPS) is 17.3. The molecule has 4 nitrogen and oxygen atoms in total. The third kappa shape index (κ3) is 3.48. The van der Waals surface area contributed by atoms with E-state index in [0.29, 0.717) is 14.8 Å². The Morgan fingerprint density at radius 2 is 2.00 bits per heavy atom. The lowest BCUT2D eigenvalue weighted by Gasteiger charge is -2.14. The molecule has 1 aromatic rings. The lowest BCUT2D eigenvalue weighted by Crippen LogP contribution is -2.33. The summed E-state index contributed by atoms with van der Waals surface area (Å²) in [6.45, 7) is 1.74. The number of carbonyl (C=O) groups excluding carboxylic acids is 2. The highest BCUT2D eigenvalue weighted by molar-refractivity contribution is 8.26. The Bertz CT molecular complexity index is 640. The molecule has 1 heterocycles. The predicted octanol–water partition coefficient (Wildman–Crippen LogP) is 1.56. The first-order valence-electron chi connectivity index (χ1n) is 6.10. The van der Waals surface area contributed by atoms with E-state index in [-0.39, 0.29) is 24.7 Å². The summed E-state index contributed by atoms with van der Waals surface area (Å²) in [5, 5.41) is 10.5. The molecule has 0 aliphatic carbocycles. The minimum absolute atomic E-state index is 0.00675. The number of carbonyl (C=O) groups is 2. The van der Waals surface area contributed by atoms with Gasteiger partial charge < -0.3 is 9.90 Å². The zero-order valence-electron chi connectivity index (χ0n) is 11.1. The average Bonchev–Trinajstić information content (AvgIpc) is 2.72. The smallest absolute Gasteiger partial charge is 0.266 e. The molecular formula is C14H11FNO3S2-. The maximum absolute atomic E-state index is 12.9. The first kappa shape index (κ1) is 15.7. The molecule has 0 spiro atoms. The molecule has 0 atom stereocenters. The lowest BCUT2D eigenvalue weighted by atomic mass is 10.1. The van der Waals surface area contributed by atoms with Gasteiger partial charge in [0.25, 0.3) is 5.91 Å². The quantitative estimate of drug-likeness (QED) is 0.621. The van der Waals surface area contributed by atoms with Crippen molar-refractivity contribution in [3.8, 4) is 0 Å². The molecule has 0 unspecified atom stereocenters. The number of aliphatic carboxylic acids is 1. The maximum atomic E-state index is 12.9. The van der Waals surface area contributed by atoms with E-state index in [1.165, 1.54) is 17.0 Å². The Morgan fingerprint density at radius 1 is 1.38 bits per heavy atom. The number of carboxylic acids is 1. The third-order valence-corrected chi connectivity index (χ3v) is 4.56. The molecule has 21 heavy (non-hydrogen) atoms. The van der Waals surface area contributed by atoms with Gasteiger partial charge in [-0.2, -0.15) is 0 Å². The van der Waals surface area contributed by atoms with Crippen molar-refractivity contribution in [2.45, 2.75) is 13.3 Å². The minimum Gasteiger partial charge on any atom is -0.550 e. The Morgan fingerprint density at radius 3 is 2.57 bits per heavy atom. The van der Waals surface area contributed by atoms with Gasteiger partial charge in [0, 0.05) is 18.9 Å². The van der Waals surface area contributed by atoms with E-state index in [2.05, 4.69) is 0 Å². The van der Waals surface area contributed by atoms with E-state index in [0.717, 1.165) is 17.3 Å². The highest BCUT2D eigenvalue weighted by atomic mass is 32.2. The standard InChI is InChI=1S/C14H12FNO3S2/c1-8(9-2-4-10(15)5-3-9)12-13(19)16(14(20)21-12)7-6-11(17)18/h2-5H,6-7H2,1H3,(H,17,18)/p-1/b12-8-. The van der Waals surface area contributed by atoms with Crippen molar-refractivity contribution < 1.29 is 19.1 Å². The fraction of sp³-hybridized carbons (Fsp3) is 0.214. The van der Waals surface area contributed by atoms with Crippen LogP contribution in [0.4, 0.5) is 4.39 Å². The molecule has 0 radical (unpaired) electrons. The largest absolute Gasteiger partial charge is 0.550 e. The van der Waals surface area contributed by atoms with Crippen LogP contribution in [0.3, 0.4) is 0 Å².